The fraction of sp³-hybridized carbons (Fsp3) is 0.318. The molecule has 7 nitrogen and oxygen atoms in total. The molecule has 1 amide bonds. The van der Waals surface area contributed by atoms with Gasteiger partial charge in [-0.2, -0.15) is 0 Å². The van der Waals surface area contributed by atoms with E-state index in [9.17, 15) is 4.79 Å². The van der Waals surface area contributed by atoms with Crippen LogP contribution in [0.4, 0.5) is 5.13 Å². The minimum absolute atomic E-state index is 0.0565. The standard InChI is InChI=1S/C22H25N3O4S/c1-4-5-13-25(20(26)15-29-17-9-7-6-8-10-17)22-24-23-21(30-22)16-11-12-18(27-2)19(14-16)28-3/h6-12,14H,4-5,13,15H2,1-3H3. The first-order valence-corrected chi connectivity index (χ1v) is 10.5. The van der Waals surface area contributed by atoms with Gasteiger partial charge in [0.15, 0.2) is 18.1 Å². The van der Waals surface area contributed by atoms with Crippen molar-refractivity contribution in [3.63, 3.8) is 0 Å². The fourth-order valence-corrected chi connectivity index (χ4v) is 3.68. The third kappa shape index (κ3) is 5.27. The van der Waals surface area contributed by atoms with Crippen molar-refractivity contribution in [2.24, 2.45) is 0 Å². The van der Waals surface area contributed by atoms with Crippen molar-refractivity contribution in [1.82, 2.24) is 10.2 Å². The fourth-order valence-electron chi connectivity index (χ4n) is 2.79. The van der Waals surface area contributed by atoms with Crippen LogP contribution >= 0.6 is 11.3 Å². The molecular weight excluding hydrogens is 402 g/mol. The number of ether oxygens (including phenoxy) is 3. The quantitative estimate of drug-likeness (QED) is 0.476. The summed E-state index contributed by atoms with van der Waals surface area (Å²) in [7, 11) is 3.18. The van der Waals surface area contributed by atoms with E-state index in [2.05, 4.69) is 17.1 Å². The lowest BCUT2D eigenvalue weighted by Crippen LogP contribution is -2.35. The molecule has 30 heavy (non-hydrogen) atoms. The van der Waals surface area contributed by atoms with Crippen molar-refractivity contribution in [2.45, 2.75) is 19.8 Å². The van der Waals surface area contributed by atoms with E-state index >= 15 is 0 Å². The molecule has 0 unspecified atom stereocenters. The van der Waals surface area contributed by atoms with Crippen molar-refractivity contribution < 1.29 is 19.0 Å². The number of aromatic nitrogens is 2. The Morgan fingerprint density at radius 3 is 2.50 bits per heavy atom. The van der Waals surface area contributed by atoms with E-state index < -0.39 is 0 Å². The third-order valence-corrected chi connectivity index (χ3v) is 5.41. The largest absolute Gasteiger partial charge is 0.493 e. The van der Waals surface area contributed by atoms with E-state index in [1.807, 2.05) is 48.5 Å². The van der Waals surface area contributed by atoms with Crippen LogP contribution in [0.25, 0.3) is 10.6 Å². The number of nitrogens with zero attached hydrogens (tertiary/aromatic N) is 3. The number of carbonyl (C=O) groups is 1. The molecule has 0 aliphatic heterocycles. The van der Waals surface area contributed by atoms with E-state index in [4.69, 9.17) is 14.2 Å². The van der Waals surface area contributed by atoms with Crippen LogP contribution in [0.5, 0.6) is 17.2 Å². The van der Waals surface area contributed by atoms with Gasteiger partial charge in [0, 0.05) is 12.1 Å². The van der Waals surface area contributed by atoms with Crippen molar-refractivity contribution in [2.75, 3.05) is 32.3 Å². The molecule has 8 heteroatoms. The molecule has 1 aromatic heterocycles. The van der Waals surface area contributed by atoms with Gasteiger partial charge in [-0.05, 0) is 36.8 Å². The number of methoxy groups -OCH3 is 2. The van der Waals surface area contributed by atoms with Gasteiger partial charge in [0.25, 0.3) is 5.91 Å². The van der Waals surface area contributed by atoms with Gasteiger partial charge in [-0.15, -0.1) is 10.2 Å². The first-order chi connectivity index (χ1) is 14.7. The number of carbonyl (C=O) groups excluding carboxylic acids is 1. The van der Waals surface area contributed by atoms with Crippen LogP contribution < -0.4 is 19.1 Å². The minimum Gasteiger partial charge on any atom is -0.493 e. The van der Waals surface area contributed by atoms with Crippen LogP contribution in [-0.4, -0.2) is 43.5 Å². The summed E-state index contributed by atoms with van der Waals surface area (Å²) in [5.74, 6) is 1.76. The molecule has 2 aromatic carbocycles. The van der Waals surface area contributed by atoms with Crippen LogP contribution in [0.15, 0.2) is 48.5 Å². The number of hydrogen-bond acceptors (Lipinski definition) is 7. The molecule has 3 rings (SSSR count). The lowest BCUT2D eigenvalue weighted by molar-refractivity contribution is -0.120. The minimum atomic E-state index is -0.151. The summed E-state index contributed by atoms with van der Waals surface area (Å²) in [5.41, 5.74) is 0.847. The van der Waals surface area contributed by atoms with Crippen molar-refractivity contribution >= 4 is 22.4 Å². The van der Waals surface area contributed by atoms with Gasteiger partial charge in [0.1, 0.15) is 10.8 Å². The zero-order valence-corrected chi connectivity index (χ0v) is 18.1. The Hall–Kier alpha value is -3.13. The van der Waals surface area contributed by atoms with E-state index in [1.165, 1.54) is 11.3 Å². The summed E-state index contributed by atoms with van der Waals surface area (Å²) in [6, 6.07) is 14.8. The average Bonchev–Trinajstić information content (AvgIpc) is 3.28. The number of para-hydroxylation sites is 1. The lowest BCUT2D eigenvalue weighted by atomic mass is 10.2. The van der Waals surface area contributed by atoms with Gasteiger partial charge in [0.05, 0.1) is 14.2 Å². The zero-order chi connectivity index (χ0) is 21.3. The molecule has 0 N–H and O–H groups in total. The van der Waals surface area contributed by atoms with E-state index in [0.717, 1.165) is 18.4 Å². The molecule has 0 spiro atoms. The summed E-state index contributed by atoms with van der Waals surface area (Å²) in [5, 5.41) is 9.80. The Bertz CT molecular complexity index is 962. The van der Waals surface area contributed by atoms with Crippen molar-refractivity contribution in [1.29, 1.82) is 0 Å². The molecule has 1 heterocycles. The topological polar surface area (TPSA) is 73.8 Å². The first kappa shape index (κ1) is 21.6. The molecular formula is C22H25N3O4S. The Morgan fingerprint density at radius 2 is 1.80 bits per heavy atom. The van der Waals surface area contributed by atoms with Crippen LogP contribution in [0.1, 0.15) is 19.8 Å². The monoisotopic (exact) mass is 427 g/mol. The Morgan fingerprint density at radius 1 is 1.03 bits per heavy atom. The highest BCUT2D eigenvalue weighted by atomic mass is 32.1. The normalized spacial score (nSPS) is 10.5. The zero-order valence-electron chi connectivity index (χ0n) is 17.3. The highest BCUT2D eigenvalue weighted by Gasteiger charge is 2.21. The van der Waals surface area contributed by atoms with E-state index in [-0.39, 0.29) is 12.5 Å². The highest BCUT2D eigenvalue weighted by Crippen LogP contribution is 2.35. The SMILES string of the molecule is CCCCN(C(=O)COc1ccccc1)c1nnc(-c2ccc(OC)c(OC)c2)s1. The molecule has 0 bridgehead atoms. The van der Waals surface area contributed by atoms with Gasteiger partial charge in [-0.3, -0.25) is 9.69 Å². The number of anilines is 1. The molecule has 0 atom stereocenters. The molecule has 0 fully saturated rings. The Balaban J connectivity index is 1.78. The third-order valence-electron chi connectivity index (χ3n) is 4.42. The molecule has 0 radical (unpaired) electrons. The number of unbranched alkanes of at least 4 members (excludes halogenated alkanes) is 1. The highest BCUT2D eigenvalue weighted by molar-refractivity contribution is 7.18. The smallest absolute Gasteiger partial charge is 0.266 e. The maximum atomic E-state index is 12.9. The summed E-state index contributed by atoms with van der Waals surface area (Å²) in [6.07, 6.45) is 1.83. The molecule has 0 aliphatic carbocycles. The Kier molecular flexibility index (Phi) is 7.62. The molecule has 0 aliphatic rings. The molecule has 158 valence electrons. The van der Waals surface area contributed by atoms with E-state index in [0.29, 0.717) is 33.9 Å². The van der Waals surface area contributed by atoms with Gasteiger partial charge >= 0.3 is 0 Å². The maximum absolute atomic E-state index is 12.9. The Labute approximate surface area is 180 Å². The first-order valence-electron chi connectivity index (χ1n) is 9.70. The van der Waals surface area contributed by atoms with Gasteiger partial charge in [-0.1, -0.05) is 42.9 Å². The second-order valence-corrected chi connectivity index (χ2v) is 7.42. The predicted molar refractivity (Wildman–Crippen MR) is 118 cm³/mol. The molecule has 3 aromatic rings. The molecule has 0 saturated heterocycles. The maximum Gasteiger partial charge on any atom is 0.266 e. The number of rotatable bonds is 10. The predicted octanol–water partition coefficient (Wildman–Crippen LogP) is 4.43. The summed E-state index contributed by atoms with van der Waals surface area (Å²) in [6.45, 7) is 2.59. The number of amides is 1. The summed E-state index contributed by atoms with van der Waals surface area (Å²) < 4.78 is 16.3. The van der Waals surface area contributed by atoms with Crippen LogP contribution in [0, 0.1) is 0 Å². The van der Waals surface area contributed by atoms with Gasteiger partial charge in [0.2, 0.25) is 5.13 Å². The second-order valence-electron chi connectivity index (χ2n) is 6.46. The van der Waals surface area contributed by atoms with Gasteiger partial charge < -0.3 is 14.2 Å². The number of benzene rings is 2. The molecule has 0 saturated carbocycles. The van der Waals surface area contributed by atoms with Crippen LogP contribution in [0.3, 0.4) is 0 Å². The van der Waals surface area contributed by atoms with Gasteiger partial charge in [-0.25, -0.2) is 0 Å². The van der Waals surface area contributed by atoms with Crippen LogP contribution in [0.2, 0.25) is 0 Å². The summed E-state index contributed by atoms with van der Waals surface area (Å²) >= 11 is 1.36. The van der Waals surface area contributed by atoms with E-state index in [1.54, 1.807) is 19.1 Å². The lowest BCUT2D eigenvalue weighted by Gasteiger charge is -2.19. The van der Waals surface area contributed by atoms with Crippen LogP contribution in [-0.2, 0) is 4.79 Å². The number of hydrogen-bond donors (Lipinski definition) is 0. The summed E-state index contributed by atoms with van der Waals surface area (Å²) in [4.78, 5) is 14.5. The van der Waals surface area contributed by atoms with Crippen molar-refractivity contribution in [3.05, 3.63) is 48.5 Å². The average molecular weight is 428 g/mol. The van der Waals surface area contributed by atoms with Crippen molar-refractivity contribution in [3.8, 4) is 27.8 Å². The second kappa shape index (κ2) is 10.6.